The van der Waals surface area contributed by atoms with E-state index in [4.69, 9.17) is 0 Å². The second-order valence-electron chi connectivity index (χ2n) is 20.2. The first-order valence-electron chi connectivity index (χ1n) is 26.0. The molecular formula is C56H77N9O8. The van der Waals surface area contributed by atoms with Gasteiger partial charge in [0.05, 0.1) is 29.2 Å². The molecule has 0 aliphatic carbocycles. The predicted octanol–water partition coefficient (Wildman–Crippen LogP) is 7.99. The highest BCUT2D eigenvalue weighted by Crippen LogP contribution is 2.19. The number of unbranched alkanes of at least 4 members (excludes halogenated alkanes) is 4. The standard InChI is InChI=1S/C56H77N9O8/c1-39(2)48(68)22-13-15-28-60(3)27-14-12-19-44(66)20-16-25-51(71)55-58-42(37-64(55)7)18-10-9-11-23-49(69)46-31-41(36-62(46)5)33-53(73)56-59-43(38-65(56)8)34-45(67)21-17-24-50(70)47-30-40(35-63(47)6)32-52(72)54-57-26-29-61(54)4/h26,29-31,35-39H,9-25,27-28,32-34H2,1-8H3. The lowest BCUT2D eigenvalue weighted by molar-refractivity contribution is -0.122. The number of hydrogen-bond donors (Lipinski definition) is 0. The maximum atomic E-state index is 13.4. The molecule has 0 bridgehead atoms. The quantitative estimate of drug-likeness (QED) is 0.0277. The molecule has 17 nitrogen and oxygen atoms in total. The number of carbonyl (C=O) groups is 8. The van der Waals surface area contributed by atoms with Gasteiger partial charge in [-0.2, -0.15) is 0 Å². The Morgan fingerprint density at radius 1 is 0.479 bits per heavy atom. The Morgan fingerprint density at radius 2 is 0.973 bits per heavy atom. The Labute approximate surface area is 430 Å². The van der Waals surface area contributed by atoms with Crippen LogP contribution < -0.4 is 0 Å². The van der Waals surface area contributed by atoms with Crippen molar-refractivity contribution in [1.29, 1.82) is 0 Å². The number of imidazole rings is 3. The van der Waals surface area contributed by atoms with Crippen molar-refractivity contribution < 1.29 is 38.4 Å². The van der Waals surface area contributed by atoms with Crippen LogP contribution in [0.15, 0.2) is 49.3 Å². The van der Waals surface area contributed by atoms with Crippen LogP contribution in [0.2, 0.25) is 0 Å². The molecule has 0 radical (unpaired) electrons. The molecule has 0 N–H and O–H groups in total. The number of Topliss-reactive ketones (excluding diaryl/α,β-unsaturated/α-hetero) is 8. The summed E-state index contributed by atoms with van der Waals surface area (Å²) in [4.78, 5) is 118. The molecule has 5 rings (SSSR count). The molecule has 0 aliphatic rings. The van der Waals surface area contributed by atoms with Gasteiger partial charge >= 0.3 is 0 Å². The van der Waals surface area contributed by atoms with E-state index in [1.165, 1.54) is 0 Å². The first kappa shape index (κ1) is 57.4. The molecule has 0 aliphatic heterocycles. The second kappa shape index (κ2) is 28.1. The van der Waals surface area contributed by atoms with Crippen molar-refractivity contribution in [3.63, 3.8) is 0 Å². The maximum absolute atomic E-state index is 13.4. The van der Waals surface area contributed by atoms with Crippen LogP contribution in [0, 0.1) is 5.92 Å². The van der Waals surface area contributed by atoms with E-state index in [1.807, 2.05) is 27.1 Å². The Kier molecular flexibility index (Phi) is 22.1. The average molecular weight is 1000 g/mol. The predicted molar refractivity (Wildman–Crippen MR) is 278 cm³/mol. The summed E-state index contributed by atoms with van der Waals surface area (Å²) in [6.45, 7) is 5.75. The van der Waals surface area contributed by atoms with Crippen molar-refractivity contribution in [2.45, 2.75) is 142 Å². The van der Waals surface area contributed by atoms with E-state index >= 15 is 0 Å². The van der Waals surface area contributed by atoms with Crippen LogP contribution in [0.5, 0.6) is 0 Å². The fourth-order valence-electron chi connectivity index (χ4n) is 9.19. The highest BCUT2D eigenvalue weighted by Gasteiger charge is 2.21. The zero-order valence-corrected chi connectivity index (χ0v) is 44.5. The first-order valence-corrected chi connectivity index (χ1v) is 26.0. The van der Waals surface area contributed by atoms with Gasteiger partial charge in [0.2, 0.25) is 11.6 Å². The summed E-state index contributed by atoms with van der Waals surface area (Å²) in [6.07, 6.45) is 20.6. The molecule has 0 fully saturated rings. The van der Waals surface area contributed by atoms with E-state index in [2.05, 4.69) is 26.9 Å². The molecular weight excluding hydrogens is 927 g/mol. The van der Waals surface area contributed by atoms with Crippen LogP contribution in [0.25, 0.3) is 0 Å². The van der Waals surface area contributed by atoms with Crippen LogP contribution >= 0.6 is 0 Å². The molecule has 17 heteroatoms. The summed E-state index contributed by atoms with van der Waals surface area (Å²) in [5.74, 6) is 0.888. The smallest absolute Gasteiger partial charge is 0.202 e. The molecule has 0 spiro atoms. The third kappa shape index (κ3) is 17.9. The van der Waals surface area contributed by atoms with E-state index < -0.39 is 0 Å². The molecule has 73 heavy (non-hydrogen) atoms. The van der Waals surface area contributed by atoms with Gasteiger partial charge < -0.3 is 27.7 Å². The van der Waals surface area contributed by atoms with Crippen LogP contribution in [-0.2, 0) is 75.3 Å². The topological polar surface area (TPSA) is 203 Å². The highest BCUT2D eigenvalue weighted by molar-refractivity contribution is 5.98. The minimum Gasteiger partial charge on any atom is -0.348 e. The van der Waals surface area contributed by atoms with E-state index in [0.29, 0.717) is 97.0 Å². The lowest BCUT2D eigenvalue weighted by Crippen LogP contribution is -2.21. The maximum Gasteiger partial charge on any atom is 0.202 e. The van der Waals surface area contributed by atoms with E-state index in [0.717, 1.165) is 57.3 Å². The minimum atomic E-state index is -0.240. The number of hydrogen-bond acceptors (Lipinski definition) is 12. The number of nitrogens with zero attached hydrogens (tertiary/aromatic N) is 9. The van der Waals surface area contributed by atoms with E-state index in [-0.39, 0.29) is 90.7 Å². The Morgan fingerprint density at radius 3 is 1.56 bits per heavy atom. The summed E-state index contributed by atoms with van der Waals surface area (Å²) in [6, 6.07) is 3.46. The SMILES string of the molecule is CC(C)C(=O)CCCCN(C)CCCCC(=O)CCCC(=O)c1nc(CCCCCC(=O)c2cc(CC(=O)c3nc(CC(=O)CCCC(=O)c4cc(CC(=O)c5nccn5C)cn4C)cn3C)cn2C)cn1C. The number of rotatable bonds is 36. The van der Waals surface area contributed by atoms with Crippen molar-refractivity contribution in [2.24, 2.45) is 41.2 Å². The van der Waals surface area contributed by atoms with Gasteiger partial charge in [-0.1, -0.05) is 20.3 Å². The largest absolute Gasteiger partial charge is 0.348 e. The normalized spacial score (nSPS) is 11.5. The molecule has 0 unspecified atom stereocenters. The van der Waals surface area contributed by atoms with Gasteiger partial charge in [0.1, 0.15) is 17.3 Å². The molecule has 5 aromatic rings. The fourth-order valence-corrected chi connectivity index (χ4v) is 9.19. The van der Waals surface area contributed by atoms with Crippen molar-refractivity contribution >= 4 is 46.3 Å². The molecule has 0 saturated carbocycles. The second-order valence-corrected chi connectivity index (χ2v) is 20.2. The Balaban J connectivity index is 0.946. The van der Waals surface area contributed by atoms with Crippen molar-refractivity contribution in [2.75, 3.05) is 20.1 Å². The van der Waals surface area contributed by atoms with Gasteiger partial charge in [-0.25, -0.2) is 15.0 Å². The Hall–Kier alpha value is -6.49. The molecule has 0 aromatic carbocycles. The summed E-state index contributed by atoms with van der Waals surface area (Å²) < 4.78 is 8.46. The number of ketones is 8. The van der Waals surface area contributed by atoms with Gasteiger partial charge in [-0.3, -0.25) is 38.4 Å². The highest BCUT2D eigenvalue weighted by atomic mass is 16.2. The fraction of sp³-hybridized carbons (Fsp3) is 0.554. The van der Waals surface area contributed by atoms with Crippen LogP contribution in [0.1, 0.15) is 192 Å². The van der Waals surface area contributed by atoms with Gasteiger partial charge in [-0.15, -0.1) is 0 Å². The van der Waals surface area contributed by atoms with E-state index in [1.54, 1.807) is 94.1 Å². The monoisotopic (exact) mass is 1000 g/mol. The summed E-state index contributed by atoms with van der Waals surface area (Å²) >= 11 is 0. The van der Waals surface area contributed by atoms with Crippen molar-refractivity contribution in [3.8, 4) is 0 Å². The molecule has 394 valence electrons. The molecule has 0 atom stereocenters. The zero-order chi connectivity index (χ0) is 53.2. The van der Waals surface area contributed by atoms with Crippen molar-refractivity contribution in [1.82, 2.24) is 42.7 Å². The van der Waals surface area contributed by atoms with Gasteiger partial charge in [-0.05, 0) is 101 Å². The molecule has 0 saturated heterocycles. The zero-order valence-electron chi connectivity index (χ0n) is 44.5. The van der Waals surface area contributed by atoms with Crippen LogP contribution in [0.3, 0.4) is 0 Å². The van der Waals surface area contributed by atoms with Crippen molar-refractivity contribution in [3.05, 3.63) is 101 Å². The molecule has 5 heterocycles. The lowest BCUT2D eigenvalue weighted by atomic mass is 10.0. The first-order chi connectivity index (χ1) is 34.8. The summed E-state index contributed by atoms with van der Waals surface area (Å²) in [5.41, 5.74) is 3.68. The number of aryl methyl sites for hydroxylation is 6. The van der Waals surface area contributed by atoms with E-state index in [9.17, 15) is 38.4 Å². The van der Waals surface area contributed by atoms with Gasteiger partial charge in [0.25, 0.3) is 0 Å². The molecule has 0 amide bonds. The Bertz CT molecular complexity index is 2720. The number of aromatic nitrogens is 8. The number of carbonyl (C=O) groups excluding carboxylic acids is 8. The minimum absolute atomic E-state index is 0.0161. The van der Waals surface area contributed by atoms with Crippen LogP contribution in [0.4, 0.5) is 0 Å². The summed E-state index contributed by atoms with van der Waals surface area (Å²) in [7, 11) is 10.9. The van der Waals surface area contributed by atoms with Gasteiger partial charge in [0, 0.05) is 136 Å². The average Bonchev–Trinajstić information content (AvgIpc) is 4.18. The van der Waals surface area contributed by atoms with Crippen LogP contribution in [-0.4, -0.2) is 109 Å². The lowest BCUT2D eigenvalue weighted by Gasteiger charge is -2.16. The summed E-state index contributed by atoms with van der Waals surface area (Å²) in [5, 5.41) is 0. The third-order valence-corrected chi connectivity index (χ3v) is 13.4. The third-order valence-electron chi connectivity index (χ3n) is 13.4. The molecule has 5 aromatic heterocycles. The van der Waals surface area contributed by atoms with Gasteiger partial charge in [0.15, 0.2) is 34.8 Å².